The molecule has 3 aliphatic heterocycles. The standard InChI is InChI=1S/C36H32N6O2/c1-22-31-32(23-14-16-24(17-15-23)36(2,3)4)41-28-13-9-8-12-27(28)38-33(37-25-18-19-29-30(20-25)44-21-43-29)35(41)39-34(31)42(40-22)26-10-6-5-7-11-26/h5-20,32H,21H2,1-4H3,(H,37,38). The fraction of sp³-hybridized carbons (Fsp3) is 0.194. The number of para-hydroxylation sites is 3. The molecule has 1 N–H and O–H groups in total. The molecule has 0 radical (unpaired) electrons. The van der Waals surface area contributed by atoms with Crippen LogP contribution >= 0.6 is 0 Å². The zero-order chi connectivity index (χ0) is 30.0. The van der Waals surface area contributed by atoms with Crippen molar-refractivity contribution in [3.63, 3.8) is 0 Å². The monoisotopic (exact) mass is 580 g/mol. The summed E-state index contributed by atoms with van der Waals surface area (Å²) in [6.45, 7) is 9.01. The normalized spacial score (nSPS) is 16.5. The first-order valence-corrected chi connectivity index (χ1v) is 14.8. The lowest BCUT2D eigenvalue weighted by Gasteiger charge is -2.40. The van der Waals surface area contributed by atoms with E-state index < -0.39 is 0 Å². The van der Waals surface area contributed by atoms with Gasteiger partial charge in [0.15, 0.2) is 29.0 Å². The molecule has 1 aromatic heterocycles. The van der Waals surface area contributed by atoms with E-state index in [1.54, 1.807) is 0 Å². The molecule has 218 valence electrons. The third-order valence-corrected chi connectivity index (χ3v) is 8.37. The minimum Gasteiger partial charge on any atom is -0.454 e. The number of aryl methyl sites for hydroxylation is 1. The maximum Gasteiger partial charge on any atom is 0.231 e. The van der Waals surface area contributed by atoms with Gasteiger partial charge in [-0.2, -0.15) is 5.10 Å². The average Bonchev–Trinajstić information content (AvgIpc) is 3.64. The zero-order valence-electron chi connectivity index (χ0n) is 25.1. The van der Waals surface area contributed by atoms with Crippen LogP contribution in [0.2, 0.25) is 0 Å². The summed E-state index contributed by atoms with van der Waals surface area (Å²) in [6.07, 6.45) is 0. The Kier molecular flexibility index (Phi) is 5.88. The van der Waals surface area contributed by atoms with Gasteiger partial charge in [-0.3, -0.25) is 0 Å². The van der Waals surface area contributed by atoms with Crippen molar-refractivity contribution < 1.29 is 9.47 Å². The Morgan fingerprint density at radius 3 is 2.36 bits per heavy atom. The number of anilines is 2. The Labute approximate surface area is 256 Å². The predicted molar refractivity (Wildman–Crippen MR) is 175 cm³/mol. The van der Waals surface area contributed by atoms with Crippen molar-refractivity contribution >= 4 is 34.6 Å². The van der Waals surface area contributed by atoms with Gasteiger partial charge in [0, 0.05) is 17.3 Å². The smallest absolute Gasteiger partial charge is 0.231 e. The van der Waals surface area contributed by atoms with Crippen molar-refractivity contribution in [2.75, 3.05) is 17.0 Å². The second kappa shape index (κ2) is 9.84. The van der Waals surface area contributed by atoms with Crippen LogP contribution in [0.25, 0.3) is 5.69 Å². The molecule has 8 rings (SSSR count). The number of rotatable bonds is 3. The topological polar surface area (TPSA) is 76.3 Å². The first kappa shape index (κ1) is 26.3. The molecule has 0 amide bonds. The van der Waals surface area contributed by atoms with E-state index >= 15 is 0 Å². The van der Waals surface area contributed by atoms with Crippen LogP contribution in [0.5, 0.6) is 11.5 Å². The number of hydrogen-bond donors (Lipinski definition) is 1. The van der Waals surface area contributed by atoms with E-state index in [0.29, 0.717) is 11.6 Å². The van der Waals surface area contributed by atoms with Crippen LogP contribution in [-0.2, 0) is 5.41 Å². The molecule has 0 fully saturated rings. The van der Waals surface area contributed by atoms with Gasteiger partial charge in [-0.15, -0.1) is 0 Å². The molecule has 8 heteroatoms. The Bertz CT molecular complexity index is 1970. The molecule has 0 spiro atoms. The van der Waals surface area contributed by atoms with E-state index in [9.17, 15) is 0 Å². The molecular weight excluding hydrogens is 548 g/mol. The summed E-state index contributed by atoms with van der Waals surface area (Å²) in [5.74, 6) is 3.59. The highest BCUT2D eigenvalue weighted by Gasteiger charge is 2.41. The number of benzene rings is 4. The molecule has 0 aliphatic carbocycles. The van der Waals surface area contributed by atoms with Crippen molar-refractivity contribution in [1.82, 2.24) is 9.78 Å². The molecule has 1 atom stereocenters. The largest absolute Gasteiger partial charge is 0.454 e. The second-order valence-electron chi connectivity index (χ2n) is 12.3. The van der Waals surface area contributed by atoms with Crippen molar-refractivity contribution in [2.45, 2.75) is 39.2 Å². The van der Waals surface area contributed by atoms with E-state index in [4.69, 9.17) is 24.6 Å². The van der Waals surface area contributed by atoms with Gasteiger partial charge < -0.3 is 19.7 Å². The van der Waals surface area contributed by atoms with Crippen LogP contribution < -0.4 is 19.7 Å². The highest BCUT2D eigenvalue weighted by atomic mass is 16.7. The van der Waals surface area contributed by atoms with Crippen molar-refractivity contribution in [1.29, 1.82) is 0 Å². The summed E-state index contributed by atoms with van der Waals surface area (Å²) in [7, 11) is 0. The summed E-state index contributed by atoms with van der Waals surface area (Å²) in [6, 6.07) is 33.0. The van der Waals surface area contributed by atoms with Gasteiger partial charge in [0.25, 0.3) is 0 Å². The molecule has 4 heterocycles. The summed E-state index contributed by atoms with van der Waals surface area (Å²) in [4.78, 5) is 12.7. The fourth-order valence-corrected chi connectivity index (χ4v) is 6.14. The Hall–Kier alpha value is -5.37. The molecule has 0 saturated heterocycles. The lowest BCUT2D eigenvalue weighted by molar-refractivity contribution is 0.174. The molecule has 5 aromatic rings. The van der Waals surface area contributed by atoms with Crippen LogP contribution in [0.4, 0.5) is 22.9 Å². The number of amidine groups is 2. The fourth-order valence-electron chi connectivity index (χ4n) is 6.14. The van der Waals surface area contributed by atoms with Crippen molar-refractivity contribution in [3.8, 4) is 17.2 Å². The number of nitrogens with zero attached hydrogens (tertiary/aromatic N) is 5. The Morgan fingerprint density at radius 2 is 1.57 bits per heavy atom. The SMILES string of the molecule is Cc1nn(-c2ccccc2)c2c1C(c1ccc(C(C)(C)C)cc1)N1C(=N2)C(Nc2ccc3c(c2)OCO3)=Nc2ccccc21. The number of ether oxygens (including phenoxy) is 2. The van der Waals surface area contributed by atoms with E-state index in [1.165, 1.54) is 5.56 Å². The van der Waals surface area contributed by atoms with E-state index in [-0.39, 0.29) is 18.2 Å². The first-order valence-electron chi connectivity index (χ1n) is 14.8. The van der Waals surface area contributed by atoms with Gasteiger partial charge in [0.1, 0.15) is 0 Å². The summed E-state index contributed by atoms with van der Waals surface area (Å²) < 4.78 is 13.2. The average molecular weight is 581 g/mol. The molecule has 3 aliphatic rings. The van der Waals surface area contributed by atoms with Crippen LogP contribution in [0.1, 0.15) is 49.2 Å². The summed E-state index contributed by atoms with van der Waals surface area (Å²) in [5.41, 5.74) is 8.13. The minimum atomic E-state index is -0.186. The molecule has 8 nitrogen and oxygen atoms in total. The minimum absolute atomic E-state index is 0.0447. The van der Waals surface area contributed by atoms with Crippen LogP contribution in [0, 0.1) is 6.92 Å². The maximum atomic E-state index is 5.66. The van der Waals surface area contributed by atoms with Crippen LogP contribution in [0.15, 0.2) is 107 Å². The molecule has 0 bridgehead atoms. The zero-order valence-corrected chi connectivity index (χ0v) is 25.1. The number of fused-ring (bicyclic) bond motifs is 5. The van der Waals surface area contributed by atoms with E-state index in [1.807, 2.05) is 53.2 Å². The number of hydrogen-bond acceptors (Lipinski definition) is 7. The molecule has 1 unspecified atom stereocenters. The Balaban J connectivity index is 1.34. The van der Waals surface area contributed by atoms with Crippen LogP contribution in [0.3, 0.4) is 0 Å². The van der Waals surface area contributed by atoms with Gasteiger partial charge >= 0.3 is 0 Å². The van der Waals surface area contributed by atoms with Crippen molar-refractivity contribution in [2.24, 2.45) is 9.98 Å². The number of aromatic nitrogens is 2. The third-order valence-electron chi connectivity index (χ3n) is 8.37. The molecular formula is C36H32N6O2. The van der Waals surface area contributed by atoms with Gasteiger partial charge in [-0.1, -0.05) is 75.4 Å². The number of aliphatic imine (C=N–C) groups is 2. The lowest BCUT2D eigenvalue weighted by Crippen LogP contribution is -2.46. The quantitative estimate of drug-likeness (QED) is 0.234. The van der Waals surface area contributed by atoms with Gasteiger partial charge in [0.2, 0.25) is 6.79 Å². The van der Waals surface area contributed by atoms with E-state index in [2.05, 4.69) is 86.4 Å². The van der Waals surface area contributed by atoms with Gasteiger partial charge in [-0.25, -0.2) is 14.7 Å². The third kappa shape index (κ3) is 4.25. The second-order valence-corrected chi connectivity index (χ2v) is 12.3. The van der Waals surface area contributed by atoms with Crippen LogP contribution in [-0.4, -0.2) is 28.2 Å². The first-order chi connectivity index (χ1) is 21.3. The van der Waals surface area contributed by atoms with Crippen molar-refractivity contribution in [3.05, 3.63) is 119 Å². The van der Waals surface area contributed by atoms with Gasteiger partial charge in [-0.05, 0) is 59.9 Å². The molecule has 44 heavy (non-hydrogen) atoms. The molecule has 0 saturated carbocycles. The lowest BCUT2D eigenvalue weighted by atomic mass is 9.85. The summed E-state index contributed by atoms with van der Waals surface area (Å²) in [5, 5.41) is 8.61. The highest BCUT2D eigenvalue weighted by Crippen LogP contribution is 2.48. The Morgan fingerprint density at radius 1 is 0.818 bits per heavy atom. The predicted octanol–water partition coefficient (Wildman–Crippen LogP) is 8.00. The van der Waals surface area contributed by atoms with Gasteiger partial charge in [0.05, 0.1) is 28.8 Å². The highest BCUT2D eigenvalue weighted by molar-refractivity contribution is 6.51. The molecule has 4 aromatic carbocycles. The maximum absolute atomic E-state index is 5.66. The van der Waals surface area contributed by atoms with E-state index in [0.717, 1.165) is 57.0 Å². The number of nitrogens with one attached hydrogen (secondary N) is 1. The summed E-state index contributed by atoms with van der Waals surface area (Å²) >= 11 is 0.